The summed E-state index contributed by atoms with van der Waals surface area (Å²) >= 11 is 0. The molecule has 0 atom stereocenters. The molecule has 4 aromatic rings. The minimum atomic E-state index is -0.636. The van der Waals surface area contributed by atoms with Crippen LogP contribution >= 0.6 is 0 Å². The van der Waals surface area contributed by atoms with E-state index in [-0.39, 0.29) is 23.4 Å². The highest BCUT2D eigenvalue weighted by Gasteiger charge is 2.31. The van der Waals surface area contributed by atoms with Crippen molar-refractivity contribution in [1.29, 1.82) is 0 Å². The number of nitrogens with two attached hydrogens (primary N) is 1. The summed E-state index contributed by atoms with van der Waals surface area (Å²) in [5.74, 6) is 1.09. The molecule has 6 rings (SSSR count). The van der Waals surface area contributed by atoms with Crippen molar-refractivity contribution in [2.75, 3.05) is 11.9 Å². The Hall–Kier alpha value is -4.28. The minimum Gasteiger partial charge on any atom is -0.366 e. The van der Waals surface area contributed by atoms with Gasteiger partial charge in [0.2, 0.25) is 11.9 Å². The van der Waals surface area contributed by atoms with Gasteiger partial charge in [-0.2, -0.15) is 4.98 Å². The maximum Gasteiger partial charge on any atom is 0.250 e. The summed E-state index contributed by atoms with van der Waals surface area (Å²) in [6, 6.07) is 6.10. The van der Waals surface area contributed by atoms with Gasteiger partial charge >= 0.3 is 0 Å². The number of primary amides is 1. The van der Waals surface area contributed by atoms with Crippen molar-refractivity contribution >= 4 is 28.7 Å². The number of halogens is 1. The van der Waals surface area contributed by atoms with E-state index in [9.17, 15) is 14.0 Å². The van der Waals surface area contributed by atoms with Gasteiger partial charge in [-0.05, 0) is 49.9 Å². The van der Waals surface area contributed by atoms with E-state index in [0.717, 1.165) is 44.6 Å². The second-order valence-corrected chi connectivity index (χ2v) is 9.67. The number of benzene rings is 1. The number of amides is 2. The summed E-state index contributed by atoms with van der Waals surface area (Å²) in [6.07, 6.45) is 10.2. The van der Waals surface area contributed by atoms with E-state index in [1.54, 1.807) is 35.3 Å². The van der Waals surface area contributed by atoms with Crippen molar-refractivity contribution in [2.24, 2.45) is 11.7 Å². The van der Waals surface area contributed by atoms with Gasteiger partial charge in [-0.25, -0.2) is 14.4 Å². The predicted molar refractivity (Wildman–Crippen MR) is 134 cm³/mol. The van der Waals surface area contributed by atoms with Gasteiger partial charge in [-0.15, -0.1) is 0 Å². The van der Waals surface area contributed by atoms with Gasteiger partial charge in [0.1, 0.15) is 17.5 Å². The standard InChI is InChI=1S/C26H27FN8O2/c27-17-3-6-21-19(13-17)20(24(28)36)14-35(21)22-7-8-30-26(32-22)31-18-4-1-16(2-5-18)25(37)34-12-11-33-10-9-29-23(33)15-34/h3,6-10,13-14,16,18H,1-2,4-5,11-12,15H2,(H2,28,36)(H,30,31,32). The molecule has 0 spiro atoms. The van der Waals surface area contributed by atoms with Crippen LogP contribution in [0, 0.1) is 11.7 Å². The molecule has 0 radical (unpaired) electrons. The number of anilines is 1. The Balaban J connectivity index is 1.13. The number of hydrogen-bond acceptors (Lipinski definition) is 6. The fourth-order valence-electron chi connectivity index (χ4n) is 5.43. The highest BCUT2D eigenvalue weighted by atomic mass is 19.1. The number of nitrogens with zero attached hydrogens (tertiary/aromatic N) is 6. The monoisotopic (exact) mass is 502 g/mol. The molecule has 1 aliphatic carbocycles. The lowest BCUT2D eigenvalue weighted by atomic mass is 9.85. The van der Waals surface area contributed by atoms with E-state index in [2.05, 4.69) is 24.8 Å². The van der Waals surface area contributed by atoms with E-state index in [1.165, 1.54) is 12.1 Å². The third-order valence-electron chi connectivity index (χ3n) is 7.39. The largest absolute Gasteiger partial charge is 0.366 e. The summed E-state index contributed by atoms with van der Waals surface area (Å²) in [6.45, 7) is 2.08. The highest BCUT2D eigenvalue weighted by molar-refractivity contribution is 6.06. The number of aromatic nitrogens is 5. The second-order valence-electron chi connectivity index (χ2n) is 9.67. The zero-order chi connectivity index (χ0) is 25.5. The molecule has 2 amide bonds. The summed E-state index contributed by atoms with van der Waals surface area (Å²) < 4.78 is 17.6. The topological polar surface area (TPSA) is 124 Å². The zero-order valence-corrected chi connectivity index (χ0v) is 20.2. The maximum atomic E-state index is 13.8. The van der Waals surface area contributed by atoms with Gasteiger partial charge in [0.15, 0.2) is 0 Å². The first-order valence-corrected chi connectivity index (χ1v) is 12.5. The second kappa shape index (κ2) is 9.30. The van der Waals surface area contributed by atoms with Gasteiger partial charge in [0, 0.05) is 55.2 Å². The molecule has 190 valence electrons. The van der Waals surface area contributed by atoms with E-state index in [0.29, 0.717) is 29.2 Å². The summed E-state index contributed by atoms with van der Waals surface area (Å²) in [4.78, 5) is 40.3. The van der Waals surface area contributed by atoms with Gasteiger partial charge in [0.05, 0.1) is 17.6 Å². The van der Waals surface area contributed by atoms with Crippen molar-refractivity contribution in [1.82, 2.24) is 29.0 Å². The Kier molecular flexibility index (Phi) is 5.82. The summed E-state index contributed by atoms with van der Waals surface area (Å²) in [5.41, 5.74) is 6.37. The van der Waals surface area contributed by atoms with Crippen LogP contribution in [0.25, 0.3) is 16.7 Å². The van der Waals surface area contributed by atoms with Crippen molar-refractivity contribution in [3.63, 3.8) is 0 Å². The lowest BCUT2D eigenvalue weighted by Gasteiger charge is -2.34. The highest BCUT2D eigenvalue weighted by Crippen LogP contribution is 2.29. The molecule has 4 heterocycles. The Morgan fingerprint density at radius 2 is 1.89 bits per heavy atom. The Morgan fingerprint density at radius 3 is 2.70 bits per heavy atom. The number of carbonyl (C=O) groups is 2. The molecular formula is C26H27FN8O2. The van der Waals surface area contributed by atoms with Crippen LogP contribution in [-0.4, -0.2) is 53.4 Å². The van der Waals surface area contributed by atoms with Crippen LogP contribution in [0.2, 0.25) is 0 Å². The first-order chi connectivity index (χ1) is 18.0. The normalized spacial score (nSPS) is 19.5. The third kappa shape index (κ3) is 4.41. The first kappa shape index (κ1) is 23.1. The first-order valence-electron chi connectivity index (χ1n) is 12.5. The number of nitrogens with one attached hydrogen (secondary N) is 1. The van der Waals surface area contributed by atoms with Crippen molar-refractivity contribution in [3.05, 3.63) is 66.3 Å². The number of hydrogen-bond donors (Lipinski definition) is 2. The fourth-order valence-corrected chi connectivity index (χ4v) is 5.43. The molecule has 1 aliphatic heterocycles. The van der Waals surface area contributed by atoms with Crippen LogP contribution in [0.1, 0.15) is 41.9 Å². The number of imidazole rings is 1. The molecule has 11 heteroatoms. The van der Waals surface area contributed by atoms with E-state index in [4.69, 9.17) is 5.73 Å². The van der Waals surface area contributed by atoms with E-state index >= 15 is 0 Å². The Morgan fingerprint density at radius 1 is 1.05 bits per heavy atom. The van der Waals surface area contributed by atoms with Gasteiger partial charge in [-0.1, -0.05) is 0 Å². The lowest BCUT2D eigenvalue weighted by molar-refractivity contribution is -0.138. The van der Waals surface area contributed by atoms with Gasteiger partial charge < -0.3 is 25.1 Å². The van der Waals surface area contributed by atoms with Crippen LogP contribution in [0.3, 0.4) is 0 Å². The quantitative estimate of drug-likeness (QED) is 0.433. The van der Waals surface area contributed by atoms with Gasteiger partial charge in [0.25, 0.3) is 5.91 Å². The van der Waals surface area contributed by atoms with Crippen molar-refractivity contribution in [3.8, 4) is 5.82 Å². The smallest absolute Gasteiger partial charge is 0.250 e. The summed E-state index contributed by atoms with van der Waals surface area (Å²) in [5, 5.41) is 3.83. The average molecular weight is 503 g/mol. The van der Waals surface area contributed by atoms with Crippen LogP contribution in [-0.2, 0) is 17.9 Å². The maximum absolute atomic E-state index is 13.8. The predicted octanol–water partition coefficient (Wildman–Crippen LogP) is 2.87. The Bertz CT molecular complexity index is 1490. The fraction of sp³-hybridized carbons (Fsp3) is 0.346. The molecule has 0 saturated heterocycles. The van der Waals surface area contributed by atoms with Gasteiger partial charge in [-0.3, -0.25) is 9.59 Å². The Labute approximate surface area is 212 Å². The number of fused-ring (bicyclic) bond motifs is 2. The van der Waals surface area contributed by atoms with E-state index < -0.39 is 11.7 Å². The zero-order valence-electron chi connectivity index (χ0n) is 20.2. The van der Waals surface area contributed by atoms with Crippen LogP contribution in [0.5, 0.6) is 0 Å². The average Bonchev–Trinajstić information content (AvgIpc) is 3.53. The van der Waals surface area contributed by atoms with Crippen LogP contribution < -0.4 is 11.1 Å². The number of rotatable bonds is 5. The van der Waals surface area contributed by atoms with Crippen LogP contribution in [0.15, 0.2) is 49.1 Å². The summed E-state index contributed by atoms with van der Waals surface area (Å²) in [7, 11) is 0. The molecule has 10 nitrogen and oxygen atoms in total. The molecule has 1 fully saturated rings. The van der Waals surface area contributed by atoms with Crippen molar-refractivity contribution in [2.45, 2.75) is 44.8 Å². The third-order valence-corrected chi connectivity index (χ3v) is 7.39. The molecular weight excluding hydrogens is 475 g/mol. The minimum absolute atomic E-state index is 0.0191. The SMILES string of the molecule is NC(=O)c1cn(-c2ccnc(NC3CCC(C(=O)N4CCn5ccnc5C4)CC3)n2)c2ccc(F)cc12. The van der Waals surface area contributed by atoms with Crippen LogP contribution in [0.4, 0.5) is 10.3 Å². The molecule has 0 unspecified atom stereocenters. The lowest BCUT2D eigenvalue weighted by Crippen LogP contribution is -2.43. The van der Waals surface area contributed by atoms with E-state index in [1.807, 2.05) is 11.1 Å². The molecule has 3 aromatic heterocycles. The molecule has 0 bridgehead atoms. The molecule has 3 N–H and O–H groups in total. The number of carbonyl (C=O) groups excluding carboxylic acids is 2. The molecule has 1 aromatic carbocycles. The molecule has 2 aliphatic rings. The molecule has 1 saturated carbocycles. The molecule has 37 heavy (non-hydrogen) atoms. The van der Waals surface area contributed by atoms with Crippen molar-refractivity contribution < 1.29 is 14.0 Å².